The van der Waals surface area contributed by atoms with Crippen molar-refractivity contribution in [1.29, 1.82) is 0 Å². The molecule has 2 saturated heterocycles. The maximum Gasteiger partial charge on any atom is 0.234 e. The van der Waals surface area contributed by atoms with E-state index in [0.717, 1.165) is 55.7 Å². The van der Waals surface area contributed by atoms with E-state index in [-0.39, 0.29) is 17.9 Å². The van der Waals surface area contributed by atoms with Gasteiger partial charge in [-0.1, -0.05) is 17.3 Å². The Hall–Kier alpha value is -1.66. The number of ether oxygens (including phenoxy) is 2. The maximum atomic E-state index is 12.7. The zero-order chi connectivity index (χ0) is 17.1. The molecule has 2 aliphatic rings. The summed E-state index contributed by atoms with van der Waals surface area (Å²) in [4.78, 5) is 12.7. The summed E-state index contributed by atoms with van der Waals surface area (Å²) in [7, 11) is 0. The average molecular weight is 334 g/mol. The fourth-order valence-electron chi connectivity index (χ4n) is 3.56. The van der Waals surface area contributed by atoms with E-state index in [9.17, 15) is 4.79 Å². The third-order valence-corrected chi connectivity index (χ3v) is 4.95. The third-order valence-electron chi connectivity index (χ3n) is 4.95. The molecular formula is C18H26N2O4. The molecule has 132 valence electrons. The molecule has 6 nitrogen and oxygen atoms in total. The Bertz CT molecular complexity index is 604. The van der Waals surface area contributed by atoms with Gasteiger partial charge in [0.25, 0.3) is 0 Å². The van der Waals surface area contributed by atoms with Gasteiger partial charge in [-0.05, 0) is 39.5 Å². The van der Waals surface area contributed by atoms with Crippen LogP contribution in [0, 0.1) is 12.8 Å². The van der Waals surface area contributed by atoms with E-state index < -0.39 is 0 Å². The van der Waals surface area contributed by atoms with Gasteiger partial charge in [-0.25, -0.2) is 0 Å². The van der Waals surface area contributed by atoms with Crippen LogP contribution in [-0.2, 0) is 14.3 Å². The summed E-state index contributed by atoms with van der Waals surface area (Å²) in [6.45, 7) is 9.97. The minimum atomic E-state index is -0.229. The third kappa shape index (κ3) is 3.54. The molecule has 2 fully saturated rings. The van der Waals surface area contributed by atoms with E-state index in [1.165, 1.54) is 0 Å². The normalized spacial score (nSPS) is 25.4. The van der Waals surface area contributed by atoms with Gasteiger partial charge in [0, 0.05) is 31.3 Å². The second-order valence-corrected chi connectivity index (χ2v) is 6.78. The predicted molar refractivity (Wildman–Crippen MR) is 89.9 cm³/mol. The summed E-state index contributed by atoms with van der Waals surface area (Å²) in [6, 6.07) is 0. The van der Waals surface area contributed by atoms with Crippen molar-refractivity contribution in [2.75, 3.05) is 25.1 Å². The largest absolute Gasteiger partial charge is 0.381 e. The molecule has 0 unspecified atom stereocenters. The summed E-state index contributed by atoms with van der Waals surface area (Å²) in [5.74, 6) is 0.481. The fraction of sp³-hybridized carbons (Fsp3) is 0.667. The maximum absolute atomic E-state index is 12.7. The van der Waals surface area contributed by atoms with Crippen LogP contribution in [0.3, 0.4) is 0 Å². The Morgan fingerprint density at radius 2 is 2.00 bits per heavy atom. The van der Waals surface area contributed by atoms with Crippen molar-refractivity contribution in [3.05, 3.63) is 23.4 Å². The van der Waals surface area contributed by atoms with Crippen LogP contribution >= 0.6 is 0 Å². The second kappa shape index (κ2) is 7.49. The highest BCUT2D eigenvalue weighted by molar-refractivity contribution is 5.92. The van der Waals surface area contributed by atoms with Gasteiger partial charge >= 0.3 is 0 Å². The first-order valence-corrected chi connectivity index (χ1v) is 8.69. The Balaban J connectivity index is 1.70. The molecule has 1 aromatic heterocycles. The van der Waals surface area contributed by atoms with Crippen LogP contribution in [0.2, 0.25) is 0 Å². The second-order valence-electron chi connectivity index (χ2n) is 6.78. The Morgan fingerprint density at radius 3 is 2.71 bits per heavy atom. The van der Waals surface area contributed by atoms with Crippen molar-refractivity contribution >= 4 is 11.8 Å². The lowest BCUT2D eigenvalue weighted by atomic mass is 9.89. The van der Waals surface area contributed by atoms with Crippen LogP contribution in [0.4, 0.5) is 5.88 Å². The Kier molecular flexibility index (Phi) is 5.36. The van der Waals surface area contributed by atoms with Crippen molar-refractivity contribution < 1.29 is 18.8 Å². The van der Waals surface area contributed by atoms with Crippen molar-refractivity contribution in [3.63, 3.8) is 0 Å². The number of nitrogens with one attached hydrogen (secondary N) is 1. The summed E-state index contributed by atoms with van der Waals surface area (Å²) in [6.07, 6.45) is 3.33. The highest BCUT2D eigenvalue weighted by Crippen LogP contribution is 2.33. The van der Waals surface area contributed by atoms with Gasteiger partial charge in [-0.2, -0.15) is 0 Å². The molecule has 0 aliphatic carbocycles. The smallest absolute Gasteiger partial charge is 0.234 e. The number of rotatable bonds is 4. The fourth-order valence-corrected chi connectivity index (χ4v) is 3.56. The minimum Gasteiger partial charge on any atom is -0.381 e. The molecule has 1 aromatic rings. The number of nitrogens with zero attached hydrogens (tertiary/aromatic N) is 1. The van der Waals surface area contributed by atoms with Crippen molar-refractivity contribution in [1.82, 2.24) is 5.16 Å². The van der Waals surface area contributed by atoms with E-state index >= 15 is 0 Å². The minimum absolute atomic E-state index is 0.0829. The zero-order valence-electron chi connectivity index (χ0n) is 14.5. The highest BCUT2D eigenvalue weighted by Gasteiger charge is 2.33. The van der Waals surface area contributed by atoms with Crippen molar-refractivity contribution in [3.8, 4) is 0 Å². The van der Waals surface area contributed by atoms with Gasteiger partial charge in [0.2, 0.25) is 11.8 Å². The van der Waals surface area contributed by atoms with Crippen LogP contribution in [0.1, 0.15) is 49.8 Å². The molecule has 24 heavy (non-hydrogen) atoms. The standard InChI is InChI=1S/C18H26N2O4/c1-11(2)16-14(5-4-8-23-16)17(21)19-18-12(3)15(20-24-18)13-6-9-22-10-7-13/h13-14,16H,1,4-10H2,2-3H3,(H,19,21)/t14-,16+/m1/s1. The molecule has 0 aromatic carbocycles. The molecule has 1 amide bonds. The lowest BCUT2D eigenvalue weighted by Crippen LogP contribution is -2.38. The molecule has 0 saturated carbocycles. The SMILES string of the molecule is C=C(C)[C@@H]1OCCC[C@H]1C(=O)Nc1onc(C2CCOCC2)c1C. The van der Waals surface area contributed by atoms with E-state index in [1.807, 2.05) is 13.8 Å². The number of anilines is 1. The molecule has 2 atom stereocenters. The molecule has 0 radical (unpaired) electrons. The van der Waals surface area contributed by atoms with Crippen LogP contribution in [0.25, 0.3) is 0 Å². The van der Waals surface area contributed by atoms with Gasteiger partial charge in [0.1, 0.15) is 0 Å². The molecule has 0 spiro atoms. The summed E-state index contributed by atoms with van der Waals surface area (Å²) >= 11 is 0. The number of hydrogen-bond donors (Lipinski definition) is 1. The quantitative estimate of drug-likeness (QED) is 0.856. The first-order chi connectivity index (χ1) is 11.6. The number of carbonyl (C=O) groups excluding carboxylic acids is 1. The van der Waals surface area contributed by atoms with Crippen LogP contribution in [0.15, 0.2) is 16.7 Å². The molecule has 6 heteroatoms. The van der Waals surface area contributed by atoms with Gasteiger partial charge in [0.05, 0.1) is 17.7 Å². The summed E-state index contributed by atoms with van der Waals surface area (Å²) in [5.41, 5.74) is 2.73. The van der Waals surface area contributed by atoms with Gasteiger partial charge < -0.3 is 14.0 Å². The molecule has 3 rings (SSSR count). The van der Waals surface area contributed by atoms with Crippen molar-refractivity contribution in [2.45, 2.75) is 51.6 Å². The van der Waals surface area contributed by atoms with Crippen molar-refractivity contribution in [2.24, 2.45) is 5.92 Å². The molecule has 0 bridgehead atoms. The van der Waals surface area contributed by atoms with Gasteiger partial charge in [-0.15, -0.1) is 0 Å². The number of aromatic nitrogens is 1. The Morgan fingerprint density at radius 1 is 1.25 bits per heavy atom. The van der Waals surface area contributed by atoms with Gasteiger partial charge in [-0.3, -0.25) is 10.1 Å². The first kappa shape index (κ1) is 17.2. The first-order valence-electron chi connectivity index (χ1n) is 8.69. The molecule has 2 aliphatic heterocycles. The lowest BCUT2D eigenvalue weighted by molar-refractivity contribution is -0.127. The summed E-state index contributed by atoms with van der Waals surface area (Å²) < 4.78 is 16.5. The van der Waals surface area contributed by atoms with Crippen LogP contribution in [-0.4, -0.2) is 37.0 Å². The predicted octanol–water partition coefficient (Wildman–Crippen LogP) is 3.19. The molecular weight excluding hydrogens is 308 g/mol. The Labute approximate surface area is 142 Å². The lowest BCUT2D eigenvalue weighted by Gasteiger charge is -2.30. The van der Waals surface area contributed by atoms with E-state index in [0.29, 0.717) is 18.4 Å². The van der Waals surface area contributed by atoms with E-state index in [2.05, 4.69) is 17.1 Å². The van der Waals surface area contributed by atoms with Gasteiger partial charge in [0.15, 0.2) is 0 Å². The molecule has 1 N–H and O–H groups in total. The van der Waals surface area contributed by atoms with E-state index in [1.54, 1.807) is 0 Å². The van der Waals surface area contributed by atoms with Crippen LogP contribution in [0.5, 0.6) is 0 Å². The highest BCUT2D eigenvalue weighted by atomic mass is 16.5. The molecule has 3 heterocycles. The number of carbonyl (C=O) groups is 1. The topological polar surface area (TPSA) is 73.6 Å². The number of hydrogen-bond acceptors (Lipinski definition) is 5. The number of amides is 1. The summed E-state index contributed by atoms with van der Waals surface area (Å²) in [5, 5.41) is 7.10. The van der Waals surface area contributed by atoms with E-state index in [4.69, 9.17) is 14.0 Å². The van der Waals surface area contributed by atoms with Crippen LogP contribution < -0.4 is 5.32 Å². The average Bonchev–Trinajstić information content (AvgIpc) is 2.96. The zero-order valence-corrected chi connectivity index (χ0v) is 14.5. The monoisotopic (exact) mass is 334 g/mol.